The topological polar surface area (TPSA) is 35.5 Å². The Morgan fingerprint density at radius 2 is 2.00 bits per heavy atom. The molecule has 1 heterocycles. The molecule has 2 atom stereocenters. The van der Waals surface area contributed by atoms with Crippen LogP contribution in [0.1, 0.15) is 32.6 Å². The molecule has 1 aliphatic heterocycles. The van der Waals surface area contributed by atoms with Crippen molar-refractivity contribution in [2.75, 3.05) is 19.6 Å². The Kier molecular flexibility index (Phi) is 3.42. The van der Waals surface area contributed by atoms with E-state index in [-0.39, 0.29) is 6.10 Å². The van der Waals surface area contributed by atoms with Crippen LogP contribution in [-0.2, 0) is 0 Å². The van der Waals surface area contributed by atoms with Crippen LogP contribution in [0.2, 0.25) is 0 Å². The van der Waals surface area contributed by atoms with E-state index in [0.29, 0.717) is 12.1 Å². The smallest absolute Gasteiger partial charge is 0.0695 e. The Morgan fingerprint density at radius 3 is 2.50 bits per heavy atom. The third kappa shape index (κ3) is 1.95. The molecule has 0 aromatic rings. The first-order chi connectivity index (χ1) is 6.83. The zero-order valence-corrected chi connectivity index (χ0v) is 9.08. The Labute approximate surface area is 86.5 Å². The molecule has 3 nitrogen and oxygen atoms in total. The van der Waals surface area contributed by atoms with Crippen molar-refractivity contribution in [1.29, 1.82) is 0 Å². The molecule has 2 unspecified atom stereocenters. The van der Waals surface area contributed by atoms with Crippen LogP contribution in [0.5, 0.6) is 0 Å². The molecular weight excluding hydrogens is 176 g/mol. The van der Waals surface area contributed by atoms with Gasteiger partial charge in [0.2, 0.25) is 0 Å². The number of hydrogen-bond donors (Lipinski definition) is 2. The fraction of sp³-hybridized carbons (Fsp3) is 1.00. The van der Waals surface area contributed by atoms with Crippen LogP contribution in [0.4, 0.5) is 0 Å². The summed E-state index contributed by atoms with van der Waals surface area (Å²) in [5.74, 6) is 0. The third-order valence-corrected chi connectivity index (χ3v) is 3.71. The van der Waals surface area contributed by atoms with Crippen molar-refractivity contribution in [2.45, 2.75) is 50.8 Å². The summed E-state index contributed by atoms with van der Waals surface area (Å²) in [4.78, 5) is 2.50. The maximum atomic E-state index is 9.98. The predicted octanol–water partition coefficient (Wildman–Crippen LogP) is 0.584. The number of nitrogens with zero attached hydrogens (tertiary/aromatic N) is 1. The quantitative estimate of drug-likeness (QED) is 0.696. The van der Waals surface area contributed by atoms with Crippen LogP contribution in [-0.4, -0.2) is 47.8 Å². The minimum atomic E-state index is -0.0794. The Balaban J connectivity index is 1.94. The van der Waals surface area contributed by atoms with E-state index in [9.17, 15) is 5.11 Å². The molecule has 82 valence electrons. The molecule has 2 N–H and O–H groups in total. The second-order valence-electron chi connectivity index (χ2n) is 4.56. The van der Waals surface area contributed by atoms with E-state index in [1.165, 1.54) is 19.3 Å². The van der Waals surface area contributed by atoms with Gasteiger partial charge in [0.15, 0.2) is 0 Å². The lowest BCUT2D eigenvalue weighted by Crippen LogP contribution is -2.62. The van der Waals surface area contributed by atoms with E-state index in [0.717, 1.165) is 26.1 Å². The van der Waals surface area contributed by atoms with Crippen LogP contribution in [0, 0.1) is 0 Å². The number of aliphatic hydroxyl groups is 1. The molecule has 0 aromatic heterocycles. The van der Waals surface area contributed by atoms with Gasteiger partial charge in [-0.1, -0.05) is 19.8 Å². The minimum Gasteiger partial charge on any atom is -0.391 e. The minimum absolute atomic E-state index is 0.0794. The number of aliphatic hydroxyl groups excluding tert-OH is 1. The number of rotatable bonds is 3. The first kappa shape index (κ1) is 10.4. The van der Waals surface area contributed by atoms with E-state index in [2.05, 4.69) is 17.1 Å². The van der Waals surface area contributed by atoms with Crippen molar-refractivity contribution in [3.63, 3.8) is 0 Å². The van der Waals surface area contributed by atoms with Gasteiger partial charge < -0.3 is 10.4 Å². The summed E-state index contributed by atoms with van der Waals surface area (Å²) < 4.78 is 0. The fourth-order valence-electron chi connectivity index (χ4n) is 2.75. The van der Waals surface area contributed by atoms with Gasteiger partial charge in [-0.2, -0.15) is 0 Å². The summed E-state index contributed by atoms with van der Waals surface area (Å²) in [5, 5.41) is 13.3. The summed E-state index contributed by atoms with van der Waals surface area (Å²) in [7, 11) is 0. The maximum absolute atomic E-state index is 9.98. The van der Waals surface area contributed by atoms with E-state index >= 15 is 0 Å². The van der Waals surface area contributed by atoms with Gasteiger partial charge in [-0.05, 0) is 19.4 Å². The molecular formula is C11H22N2O. The Morgan fingerprint density at radius 1 is 1.29 bits per heavy atom. The van der Waals surface area contributed by atoms with Crippen molar-refractivity contribution in [3.8, 4) is 0 Å². The SMILES string of the molecule is CCN(C1CNC1)C1CCCCC1O. The van der Waals surface area contributed by atoms with Crippen molar-refractivity contribution >= 4 is 0 Å². The van der Waals surface area contributed by atoms with Crippen molar-refractivity contribution in [1.82, 2.24) is 10.2 Å². The molecule has 2 aliphatic rings. The fourth-order valence-corrected chi connectivity index (χ4v) is 2.75. The Hall–Kier alpha value is -0.120. The summed E-state index contributed by atoms with van der Waals surface area (Å²) >= 11 is 0. The van der Waals surface area contributed by atoms with Gasteiger partial charge in [-0.15, -0.1) is 0 Å². The van der Waals surface area contributed by atoms with Crippen LogP contribution in [0.15, 0.2) is 0 Å². The molecule has 0 spiro atoms. The molecule has 2 rings (SSSR count). The molecule has 0 amide bonds. The highest BCUT2D eigenvalue weighted by Gasteiger charge is 2.34. The summed E-state index contributed by atoms with van der Waals surface area (Å²) in [6, 6.07) is 1.11. The lowest BCUT2D eigenvalue weighted by molar-refractivity contribution is -0.0106. The molecule has 2 fully saturated rings. The first-order valence-corrected chi connectivity index (χ1v) is 5.97. The largest absolute Gasteiger partial charge is 0.391 e. The van der Waals surface area contributed by atoms with Crippen molar-refractivity contribution < 1.29 is 5.11 Å². The standard InChI is InChI=1S/C11H22N2O/c1-2-13(9-7-12-8-9)10-5-3-4-6-11(10)14/h9-12,14H,2-8H2,1H3. The molecule has 0 aromatic carbocycles. The molecule has 1 saturated carbocycles. The predicted molar refractivity (Wildman–Crippen MR) is 57.3 cm³/mol. The van der Waals surface area contributed by atoms with Crippen LogP contribution in [0.3, 0.4) is 0 Å². The van der Waals surface area contributed by atoms with E-state index < -0.39 is 0 Å². The highest BCUT2D eigenvalue weighted by Crippen LogP contribution is 2.25. The number of nitrogens with one attached hydrogen (secondary N) is 1. The maximum Gasteiger partial charge on any atom is 0.0695 e. The van der Waals surface area contributed by atoms with Gasteiger partial charge in [-0.25, -0.2) is 0 Å². The molecule has 0 radical (unpaired) electrons. The second-order valence-corrected chi connectivity index (χ2v) is 4.56. The summed E-state index contributed by atoms with van der Waals surface area (Å²) in [5.41, 5.74) is 0. The number of hydrogen-bond acceptors (Lipinski definition) is 3. The average molecular weight is 198 g/mol. The highest BCUT2D eigenvalue weighted by molar-refractivity contribution is 4.91. The van der Waals surface area contributed by atoms with Gasteiger partial charge >= 0.3 is 0 Å². The lowest BCUT2D eigenvalue weighted by Gasteiger charge is -2.45. The summed E-state index contributed by atoms with van der Waals surface area (Å²) in [6.07, 6.45) is 4.60. The normalized spacial score (nSPS) is 34.5. The zero-order chi connectivity index (χ0) is 9.97. The molecule has 14 heavy (non-hydrogen) atoms. The molecule has 3 heteroatoms. The van der Waals surface area contributed by atoms with Gasteiger partial charge in [-0.3, -0.25) is 4.90 Å². The molecule has 0 bridgehead atoms. The van der Waals surface area contributed by atoms with Crippen LogP contribution >= 0.6 is 0 Å². The number of likely N-dealkylation sites (N-methyl/N-ethyl adjacent to an activating group) is 1. The van der Waals surface area contributed by atoms with E-state index in [1.807, 2.05) is 0 Å². The Bertz CT molecular complexity index is 180. The third-order valence-electron chi connectivity index (χ3n) is 3.71. The molecule has 1 saturated heterocycles. The van der Waals surface area contributed by atoms with Gasteiger partial charge in [0.05, 0.1) is 6.10 Å². The molecule has 1 aliphatic carbocycles. The van der Waals surface area contributed by atoms with Crippen LogP contribution in [0.25, 0.3) is 0 Å². The average Bonchev–Trinajstić information content (AvgIpc) is 2.12. The van der Waals surface area contributed by atoms with E-state index in [1.54, 1.807) is 0 Å². The lowest BCUT2D eigenvalue weighted by atomic mass is 9.90. The second kappa shape index (κ2) is 4.60. The van der Waals surface area contributed by atoms with Crippen molar-refractivity contribution in [3.05, 3.63) is 0 Å². The first-order valence-electron chi connectivity index (χ1n) is 5.97. The van der Waals surface area contributed by atoms with Gasteiger partial charge in [0.25, 0.3) is 0 Å². The van der Waals surface area contributed by atoms with Gasteiger partial charge in [0, 0.05) is 25.2 Å². The zero-order valence-electron chi connectivity index (χ0n) is 9.08. The van der Waals surface area contributed by atoms with Crippen molar-refractivity contribution in [2.24, 2.45) is 0 Å². The van der Waals surface area contributed by atoms with Crippen LogP contribution < -0.4 is 5.32 Å². The highest BCUT2D eigenvalue weighted by atomic mass is 16.3. The monoisotopic (exact) mass is 198 g/mol. The summed E-state index contributed by atoms with van der Waals surface area (Å²) in [6.45, 7) is 5.50. The van der Waals surface area contributed by atoms with E-state index in [4.69, 9.17) is 0 Å². The van der Waals surface area contributed by atoms with Gasteiger partial charge in [0.1, 0.15) is 0 Å².